The van der Waals surface area contributed by atoms with E-state index < -0.39 is 0 Å². The van der Waals surface area contributed by atoms with Crippen LogP contribution in [0.1, 0.15) is 31.5 Å². The second kappa shape index (κ2) is 6.85. The molecule has 1 aromatic rings. The minimum Gasteiger partial charge on any atom is -0.463 e. The Bertz CT molecular complexity index is 385. The molecule has 1 aromatic heterocycles. The molecule has 1 rings (SSSR count). The third-order valence-electron chi connectivity index (χ3n) is 2.09. The third kappa shape index (κ3) is 4.82. The lowest BCUT2D eigenvalue weighted by atomic mass is 10.3. The van der Waals surface area contributed by atoms with Crippen molar-refractivity contribution in [2.45, 2.75) is 26.8 Å². The molecule has 0 spiro atoms. The number of hydrogen-bond acceptors (Lipinski definition) is 5. The molecule has 0 bridgehead atoms. The van der Waals surface area contributed by atoms with Gasteiger partial charge in [0.25, 0.3) is 0 Å². The molecule has 0 radical (unpaired) electrons. The monoisotopic (exact) mass is 238 g/mol. The Morgan fingerprint density at radius 1 is 1.71 bits per heavy atom. The Morgan fingerprint density at radius 3 is 3.06 bits per heavy atom. The average molecular weight is 238 g/mol. The first-order valence-corrected chi connectivity index (χ1v) is 5.62. The lowest BCUT2D eigenvalue weighted by Gasteiger charge is -2.07. The van der Waals surface area contributed by atoms with Crippen molar-refractivity contribution >= 4 is 5.97 Å². The van der Waals surface area contributed by atoms with Crippen molar-refractivity contribution < 1.29 is 13.9 Å². The number of ether oxygens (including phenoxy) is 1. The quantitative estimate of drug-likeness (QED) is 0.604. The minimum atomic E-state index is -0.325. The summed E-state index contributed by atoms with van der Waals surface area (Å²) in [7, 11) is 0. The van der Waals surface area contributed by atoms with E-state index in [0.717, 1.165) is 5.76 Å². The highest BCUT2D eigenvalue weighted by atomic mass is 16.5. The van der Waals surface area contributed by atoms with Crippen LogP contribution in [0, 0.1) is 6.92 Å². The molecule has 0 saturated carbocycles. The summed E-state index contributed by atoms with van der Waals surface area (Å²) in [5, 5.41) is 3.16. The molecule has 1 atom stereocenters. The van der Waals surface area contributed by atoms with Gasteiger partial charge in [-0.15, -0.1) is 0 Å². The lowest BCUT2D eigenvalue weighted by molar-refractivity contribution is -0.137. The summed E-state index contributed by atoms with van der Waals surface area (Å²) in [6.07, 6.45) is 4.80. The number of rotatable bonds is 6. The number of aryl methyl sites for hydroxylation is 1. The summed E-state index contributed by atoms with van der Waals surface area (Å²) in [5.41, 5.74) is 0. The maximum atomic E-state index is 11.0. The van der Waals surface area contributed by atoms with Gasteiger partial charge >= 0.3 is 5.97 Å². The number of carbonyl (C=O) groups excluding carboxylic acids is 1. The second-order valence-electron chi connectivity index (χ2n) is 3.59. The molecule has 1 heterocycles. The van der Waals surface area contributed by atoms with Gasteiger partial charge in [0.1, 0.15) is 5.76 Å². The van der Waals surface area contributed by atoms with E-state index in [2.05, 4.69) is 10.3 Å². The van der Waals surface area contributed by atoms with E-state index in [1.54, 1.807) is 19.2 Å². The van der Waals surface area contributed by atoms with Crippen molar-refractivity contribution in [2.75, 3.05) is 13.2 Å². The summed E-state index contributed by atoms with van der Waals surface area (Å²) >= 11 is 0. The molecule has 17 heavy (non-hydrogen) atoms. The van der Waals surface area contributed by atoms with Crippen molar-refractivity contribution in [2.24, 2.45) is 0 Å². The highest BCUT2D eigenvalue weighted by molar-refractivity contribution is 5.81. The largest absolute Gasteiger partial charge is 0.463 e. The zero-order valence-corrected chi connectivity index (χ0v) is 10.4. The molecular formula is C12H18N2O3. The zero-order chi connectivity index (χ0) is 12.7. The van der Waals surface area contributed by atoms with Gasteiger partial charge < -0.3 is 14.5 Å². The fourth-order valence-corrected chi connectivity index (χ4v) is 1.25. The van der Waals surface area contributed by atoms with E-state index in [4.69, 9.17) is 9.15 Å². The maximum absolute atomic E-state index is 11.0. The topological polar surface area (TPSA) is 64.4 Å². The number of carbonyl (C=O) groups is 1. The van der Waals surface area contributed by atoms with Crippen LogP contribution >= 0.6 is 0 Å². The van der Waals surface area contributed by atoms with Crippen LogP contribution in [0.25, 0.3) is 0 Å². The molecule has 0 amide bonds. The van der Waals surface area contributed by atoms with E-state index in [9.17, 15) is 4.79 Å². The van der Waals surface area contributed by atoms with Gasteiger partial charge in [0.2, 0.25) is 5.89 Å². The second-order valence-corrected chi connectivity index (χ2v) is 3.59. The summed E-state index contributed by atoms with van der Waals surface area (Å²) in [4.78, 5) is 15.1. The predicted molar refractivity (Wildman–Crippen MR) is 63.4 cm³/mol. The number of esters is 1. The predicted octanol–water partition coefficient (Wildman–Crippen LogP) is 1.75. The number of hydrogen-bond donors (Lipinski definition) is 1. The fourth-order valence-electron chi connectivity index (χ4n) is 1.25. The lowest BCUT2D eigenvalue weighted by Crippen LogP contribution is -2.19. The van der Waals surface area contributed by atoms with Gasteiger partial charge in [-0.3, -0.25) is 0 Å². The minimum absolute atomic E-state index is 0.00976. The first-order chi connectivity index (χ1) is 8.13. The van der Waals surface area contributed by atoms with Crippen molar-refractivity contribution in [3.63, 3.8) is 0 Å². The Balaban J connectivity index is 2.29. The fraction of sp³-hybridized carbons (Fsp3) is 0.500. The highest BCUT2D eigenvalue weighted by Crippen LogP contribution is 2.11. The van der Waals surface area contributed by atoms with Crippen LogP contribution in [-0.4, -0.2) is 24.1 Å². The highest BCUT2D eigenvalue weighted by Gasteiger charge is 2.09. The number of oxazole rings is 1. The molecule has 1 unspecified atom stereocenters. The molecule has 0 aliphatic heterocycles. The SMILES string of the molecule is CCOC(=O)/C=C/CNC(C)c1ncc(C)o1. The van der Waals surface area contributed by atoms with E-state index in [1.165, 1.54) is 6.08 Å². The van der Waals surface area contributed by atoms with Crippen LogP contribution in [0.5, 0.6) is 0 Å². The van der Waals surface area contributed by atoms with E-state index in [-0.39, 0.29) is 12.0 Å². The average Bonchev–Trinajstić information content (AvgIpc) is 2.71. The van der Waals surface area contributed by atoms with Crippen LogP contribution in [-0.2, 0) is 9.53 Å². The molecule has 0 aromatic carbocycles. The molecule has 94 valence electrons. The van der Waals surface area contributed by atoms with Crippen LogP contribution in [0.15, 0.2) is 22.8 Å². The van der Waals surface area contributed by atoms with Gasteiger partial charge in [0.15, 0.2) is 0 Å². The van der Waals surface area contributed by atoms with Gasteiger partial charge in [-0.25, -0.2) is 9.78 Å². The van der Waals surface area contributed by atoms with Gasteiger partial charge in [-0.2, -0.15) is 0 Å². The van der Waals surface area contributed by atoms with Crippen molar-refractivity contribution in [1.29, 1.82) is 0 Å². The van der Waals surface area contributed by atoms with Crippen LogP contribution in [0.4, 0.5) is 0 Å². The van der Waals surface area contributed by atoms with Crippen LogP contribution in [0.2, 0.25) is 0 Å². The third-order valence-corrected chi connectivity index (χ3v) is 2.09. The van der Waals surface area contributed by atoms with Crippen molar-refractivity contribution in [3.05, 3.63) is 30.0 Å². The van der Waals surface area contributed by atoms with Gasteiger partial charge in [0.05, 0.1) is 18.8 Å². The summed E-state index contributed by atoms with van der Waals surface area (Å²) in [5.74, 6) is 1.11. The molecule has 1 N–H and O–H groups in total. The Morgan fingerprint density at radius 2 is 2.47 bits per heavy atom. The van der Waals surface area contributed by atoms with Gasteiger partial charge in [0, 0.05) is 12.6 Å². The summed E-state index contributed by atoms with van der Waals surface area (Å²) < 4.78 is 10.1. The Hall–Kier alpha value is -1.62. The van der Waals surface area contributed by atoms with Crippen LogP contribution in [0.3, 0.4) is 0 Å². The van der Waals surface area contributed by atoms with E-state index in [1.807, 2.05) is 13.8 Å². The van der Waals surface area contributed by atoms with Crippen LogP contribution < -0.4 is 5.32 Å². The van der Waals surface area contributed by atoms with Crippen molar-refractivity contribution in [3.8, 4) is 0 Å². The van der Waals surface area contributed by atoms with Gasteiger partial charge in [-0.1, -0.05) is 6.08 Å². The molecule has 0 fully saturated rings. The molecule has 5 nitrogen and oxygen atoms in total. The smallest absolute Gasteiger partial charge is 0.330 e. The van der Waals surface area contributed by atoms with Crippen molar-refractivity contribution in [1.82, 2.24) is 10.3 Å². The summed E-state index contributed by atoms with van der Waals surface area (Å²) in [6.45, 7) is 6.52. The Labute approximate surface area is 101 Å². The maximum Gasteiger partial charge on any atom is 0.330 e. The van der Waals surface area contributed by atoms with E-state index in [0.29, 0.717) is 19.0 Å². The van der Waals surface area contributed by atoms with E-state index >= 15 is 0 Å². The zero-order valence-electron chi connectivity index (χ0n) is 10.4. The summed E-state index contributed by atoms with van der Waals surface area (Å²) in [6, 6.07) is 0.00976. The molecule has 0 aliphatic rings. The number of nitrogens with one attached hydrogen (secondary N) is 1. The molecule has 5 heteroatoms. The molecule has 0 aliphatic carbocycles. The normalized spacial score (nSPS) is 12.9. The molecular weight excluding hydrogens is 220 g/mol. The standard InChI is InChI=1S/C12H18N2O3/c1-4-16-11(15)6-5-7-13-10(3)12-14-8-9(2)17-12/h5-6,8,10,13H,4,7H2,1-3H3/b6-5+. The van der Waals surface area contributed by atoms with Gasteiger partial charge in [-0.05, 0) is 20.8 Å². The Kier molecular flexibility index (Phi) is 5.42. The molecule has 0 saturated heterocycles. The number of nitrogens with zero attached hydrogens (tertiary/aromatic N) is 1. The number of aromatic nitrogens is 1. The first-order valence-electron chi connectivity index (χ1n) is 5.62. The first kappa shape index (κ1) is 13.4.